The summed E-state index contributed by atoms with van der Waals surface area (Å²) < 4.78 is 4.72. The molecule has 0 atom stereocenters. The number of ether oxygens (including phenoxy) is 1. The third kappa shape index (κ3) is 1.81. The lowest BCUT2D eigenvalue weighted by Gasteiger charge is -2.05. The highest BCUT2D eigenvalue weighted by atomic mass is 35.5. The van der Waals surface area contributed by atoms with Crippen LogP contribution in [0.3, 0.4) is 0 Å². The molecule has 0 unspecified atom stereocenters. The zero-order chi connectivity index (χ0) is 10.0. The Morgan fingerprint density at radius 3 is 2.31 bits per heavy atom. The number of carboxylic acid groups (broad SMARTS) is 1. The summed E-state index contributed by atoms with van der Waals surface area (Å²) in [6.07, 6.45) is 0. The van der Waals surface area contributed by atoms with Crippen LogP contribution in [-0.2, 0) is 0 Å². The summed E-state index contributed by atoms with van der Waals surface area (Å²) in [7, 11) is 1.27. The Bertz CT molecular complexity index is 356. The first-order valence-corrected chi connectivity index (χ1v) is 3.82. The van der Waals surface area contributed by atoms with Crippen molar-refractivity contribution in [3.63, 3.8) is 0 Å². The Kier molecular flexibility index (Phi) is 2.90. The molecule has 0 spiro atoms. The minimum Gasteiger partial charge on any atom is -0.492 e. The van der Waals surface area contributed by atoms with E-state index >= 15 is 0 Å². The molecular weight excluding hydrogens is 219 g/mol. The van der Waals surface area contributed by atoms with Gasteiger partial charge in [0.25, 0.3) is 0 Å². The number of aromatic carboxylic acids is 1. The monoisotopic (exact) mass is 222 g/mol. The Hall–Kier alpha value is -1.07. The molecule has 0 aliphatic heterocycles. The second-order valence-corrected chi connectivity index (χ2v) is 2.71. The Labute approximate surface area is 83.2 Å². The molecule has 0 fully saturated rings. The summed E-state index contributed by atoms with van der Waals surface area (Å²) in [6.45, 7) is 0. The fourth-order valence-corrected chi connectivity index (χ4v) is 1.17. The Morgan fingerprint density at radius 2 is 1.92 bits per heavy atom. The summed E-state index contributed by atoms with van der Waals surface area (Å²) in [5, 5.41) is 15.0. The Balaban J connectivity index is 3.43. The van der Waals surface area contributed by atoms with Crippen LogP contribution in [0.2, 0.25) is 10.3 Å². The van der Waals surface area contributed by atoms with Gasteiger partial charge in [-0.3, -0.25) is 0 Å². The van der Waals surface area contributed by atoms with Gasteiger partial charge in [-0.25, -0.2) is 4.79 Å². The average Bonchev–Trinajstić information content (AvgIpc) is 2.07. The average molecular weight is 223 g/mol. The maximum Gasteiger partial charge on any atom is 0.342 e. The van der Waals surface area contributed by atoms with Gasteiger partial charge >= 0.3 is 5.97 Å². The van der Waals surface area contributed by atoms with Crippen LogP contribution in [0.15, 0.2) is 0 Å². The smallest absolute Gasteiger partial charge is 0.342 e. The quantitative estimate of drug-likeness (QED) is 0.822. The number of aromatic nitrogens is 2. The first-order valence-electron chi connectivity index (χ1n) is 3.07. The van der Waals surface area contributed by atoms with E-state index in [0.29, 0.717) is 0 Å². The van der Waals surface area contributed by atoms with Crippen molar-refractivity contribution in [2.45, 2.75) is 0 Å². The minimum absolute atomic E-state index is 0.0887. The van der Waals surface area contributed by atoms with E-state index in [-0.39, 0.29) is 21.6 Å². The van der Waals surface area contributed by atoms with E-state index in [1.165, 1.54) is 7.11 Å². The highest BCUT2D eigenvalue weighted by Crippen LogP contribution is 2.29. The summed E-state index contributed by atoms with van der Waals surface area (Å²) in [5.41, 5.74) is -0.288. The van der Waals surface area contributed by atoms with Gasteiger partial charge in [0.2, 0.25) is 0 Å². The fourth-order valence-electron chi connectivity index (χ4n) is 0.752. The van der Waals surface area contributed by atoms with E-state index in [2.05, 4.69) is 10.2 Å². The third-order valence-electron chi connectivity index (χ3n) is 1.26. The number of rotatable bonds is 2. The van der Waals surface area contributed by atoms with Crippen molar-refractivity contribution in [1.82, 2.24) is 10.2 Å². The van der Waals surface area contributed by atoms with Gasteiger partial charge in [-0.15, -0.1) is 10.2 Å². The van der Waals surface area contributed by atoms with Crippen molar-refractivity contribution >= 4 is 29.2 Å². The number of hydrogen-bond acceptors (Lipinski definition) is 4. The third-order valence-corrected chi connectivity index (χ3v) is 1.78. The normalized spacial score (nSPS) is 9.77. The van der Waals surface area contributed by atoms with Gasteiger partial charge in [0.15, 0.2) is 16.1 Å². The van der Waals surface area contributed by atoms with E-state index in [1.54, 1.807) is 0 Å². The van der Waals surface area contributed by atoms with Crippen LogP contribution in [0, 0.1) is 0 Å². The molecule has 0 aromatic carbocycles. The summed E-state index contributed by atoms with van der Waals surface area (Å²) in [5.74, 6) is -1.35. The van der Waals surface area contributed by atoms with E-state index in [9.17, 15) is 4.79 Å². The van der Waals surface area contributed by atoms with Crippen LogP contribution in [0.4, 0.5) is 0 Å². The molecule has 1 rings (SSSR count). The molecule has 0 aliphatic carbocycles. The van der Waals surface area contributed by atoms with Gasteiger partial charge in [-0.05, 0) is 0 Å². The van der Waals surface area contributed by atoms with Crippen molar-refractivity contribution in [2.24, 2.45) is 0 Å². The van der Waals surface area contributed by atoms with Gasteiger partial charge in [0.05, 0.1) is 7.11 Å². The molecule has 0 saturated carbocycles. The first kappa shape index (κ1) is 10.0. The molecule has 5 nitrogen and oxygen atoms in total. The van der Waals surface area contributed by atoms with Crippen LogP contribution < -0.4 is 4.74 Å². The molecule has 0 radical (unpaired) electrons. The zero-order valence-corrected chi connectivity index (χ0v) is 7.93. The molecule has 1 aromatic heterocycles. The molecule has 0 bridgehead atoms. The molecule has 1 aromatic rings. The van der Waals surface area contributed by atoms with Gasteiger partial charge in [-0.1, -0.05) is 23.2 Å². The number of halogens is 2. The molecule has 0 amide bonds. The highest BCUT2D eigenvalue weighted by molar-refractivity contribution is 6.35. The fraction of sp³-hybridized carbons (Fsp3) is 0.167. The second kappa shape index (κ2) is 3.76. The lowest BCUT2D eigenvalue weighted by Crippen LogP contribution is -2.05. The predicted molar refractivity (Wildman–Crippen MR) is 45.6 cm³/mol. The summed E-state index contributed by atoms with van der Waals surface area (Å²) in [4.78, 5) is 10.7. The largest absolute Gasteiger partial charge is 0.492 e. The van der Waals surface area contributed by atoms with Crippen molar-refractivity contribution in [1.29, 1.82) is 0 Å². The van der Waals surface area contributed by atoms with Gasteiger partial charge in [-0.2, -0.15) is 0 Å². The Morgan fingerprint density at radius 1 is 1.38 bits per heavy atom. The molecule has 1 N–H and O–H groups in total. The lowest BCUT2D eigenvalue weighted by molar-refractivity contribution is 0.0692. The standard InChI is InChI=1S/C6H4Cl2N2O3/c1-13-3-2(6(11)12)4(7)9-10-5(3)8/h1H3,(H,11,12). The predicted octanol–water partition coefficient (Wildman–Crippen LogP) is 1.49. The van der Waals surface area contributed by atoms with E-state index in [1.807, 2.05) is 0 Å². The van der Waals surface area contributed by atoms with Crippen LogP contribution in [-0.4, -0.2) is 28.4 Å². The van der Waals surface area contributed by atoms with Crippen LogP contribution in [0.5, 0.6) is 5.75 Å². The van der Waals surface area contributed by atoms with Gasteiger partial charge in [0, 0.05) is 0 Å². The van der Waals surface area contributed by atoms with Crippen LogP contribution >= 0.6 is 23.2 Å². The van der Waals surface area contributed by atoms with Crippen molar-refractivity contribution in [3.8, 4) is 5.75 Å². The zero-order valence-electron chi connectivity index (χ0n) is 6.41. The maximum absolute atomic E-state index is 10.7. The maximum atomic E-state index is 10.7. The molecule has 1 heterocycles. The summed E-state index contributed by atoms with van der Waals surface area (Å²) in [6, 6.07) is 0. The van der Waals surface area contributed by atoms with E-state index in [0.717, 1.165) is 0 Å². The van der Waals surface area contributed by atoms with Crippen molar-refractivity contribution in [3.05, 3.63) is 15.9 Å². The number of carboxylic acids is 1. The number of carbonyl (C=O) groups is 1. The number of methoxy groups -OCH3 is 1. The first-order chi connectivity index (χ1) is 6.07. The van der Waals surface area contributed by atoms with Crippen LogP contribution in [0.25, 0.3) is 0 Å². The molecule has 7 heteroatoms. The van der Waals surface area contributed by atoms with E-state index < -0.39 is 5.97 Å². The summed E-state index contributed by atoms with van der Waals surface area (Å²) >= 11 is 11.0. The number of nitrogens with zero attached hydrogens (tertiary/aromatic N) is 2. The van der Waals surface area contributed by atoms with Gasteiger partial charge in [0.1, 0.15) is 5.56 Å². The SMILES string of the molecule is COc1c(Cl)nnc(Cl)c1C(=O)O. The van der Waals surface area contributed by atoms with E-state index in [4.69, 9.17) is 33.0 Å². The molecular formula is C6H4Cl2N2O3. The minimum atomic E-state index is -1.27. The topological polar surface area (TPSA) is 72.3 Å². The lowest BCUT2D eigenvalue weighted by atomic mass is 10.3. The molecule has 0 aliphatic rings. The highest BCUT2D eigenvalue weighted by Gasteiger charge is 2.20. The van der Waals surface area contributed by atoms with Crippen molar-refractivity contribution < 1.29 is 14.6 Å². The second-order valence-electron chi connectivity index (χ2n) is 2.00. The molecule has 70 valence electrons. The van der Waals surface area contributed by atoms with Crippen LogP contribution in [0.1, 0.15) is 10.4 Å². The number of hydrogen-bond donors (Lipinski definition) is 1. The molecule has 13 heavy (non-hydrogen) atoms. The van der Waals surface area contributed by atoms with Gasteiger partial charge < -0.3 is 9.84 Å². The van der Waals surface area contributed by atoms with Crippen molar-refractivity contribution in [2.75, 3.05) is 7.11 Å². The molecule has 0 saturated heterocycles.